The summed E-state index contributed by atoms with van der Waals surface area (Å²) in [7, 11) is 0. The minimum atomic E-state index is -0.527. The summed E-state index contributed by atoms with van der Waals surface area (Å²) in [5.41, 5.74) is 2.05. The standard InChI is InChI=1S/C18H21NO2/c20-17(16-9-5-2-6-10-16)13-14-19-18(21)12-11-15-7-3-1-4-8-15/h1-10,17,20H,11-14H2,(H,19,21)/t17-/m0/s1. The average molecular weight is 283 g/mol. The first-order chi connectivity index (χ1) is 10.3. The molecule has 0 aromatic heterocycles. The van der Waals surface area contributed by atoms with Crippen molar-refractivity contribution in [3.8, 4) is 0 Å². The third-order valence-corrected chi connectivity index (χ3v) is 3.41. The smallest absolute Gasteiger partial charge is 0.220 e. The number of aryl methyl sites for hydroxylation is 1. The molecule has 2 N–H and O–H groups in total. The maximum absolute atomic E-state index is 11.7. The molecule has 3 heteroatoms. The molecule has 21 heavy (non-hydrogen) atoms. The van der Waals surface area contributed by atoms with Gasteiger partial charge in [0, 0.05) is 13.0 Å². The summed E-state index contributed by atoms with van der Waals surface area (Å²) < 4.78 is 0. The van der Waals surface area contributed by atoms with E-state index in [0.717, 1.165) is 17.5 Å². The molecule has 0 radical (unpaired) electrons. The summed E-state index contributed by atoms with van der Waals surface area (Å²) in [6.45, 7) is 0.490. The Morgan fingerprint density at radius 1 is 1.00 bits per heavy atom. The van der Waals surface area contributed by atoms with Gasteiger partial charge in [0.2, 0.25) is 5.91 Å². The van der Waals surface area contributed by atoms with Crippen molar-refractivity contribution in [1.82, 2.24) is 5.32 Å². The Balaban J connectivity index is 1.65. The van der Waals surface area contributed by atoms with Gasteiger partial charge in [-0.15, -0.1) is 0 Å². The molecule has 110 valence electrons. The number of hydrogen-bond acceptors (Lipinski definition) is 2. The number of amides is 1. The number of aliphatic hydroxyl groups is 1. The molecule has 0 saturated heterocycles. The van der Waals surface area contributed by atoms with Crippen molar-refractivity contribution in [1.29, 1.82) is 0 Å². The normalized spacial score (nSPS) is 11.9. The van der Waals surface area contributed by atoms with Gasteiger partial charge in [-0.2, -0.15) is 0 Å². The van der Waals surface area contributed by atoms with E-state index >= 15 is 0 Å². The van der Waals surface area contributed by atoms with Crippen LogP contribution in [-0.2, 0) is 11.2 Å². The van der Waals surface area contributed by atoms with Gasteiger partial charge in [0.05, 0.1) is 6.10 Å². The molecule has 0 fully saturated rings. The summed E-state index contributed by atoms with van der Waals surface area (Å²) in [4.78, 5) is 11.7. The molecule has 3 nitrogen and oxygen atoms in total. The summed E-state index contributed by atoms with van der Waals surface area (Å²) in [6, 6.07) is 19.5. The molecule has 0 aliphatic rings. The average Bonchev–Trinajstić information content (AvgIpc) is 2.54. The molecule has 2 rings (SSSR count). The maximum atomic E-state index is 11.7. The highest BCUT2D eigenvalue weighted by Gasteiger charge is 2.07. The Hall–Kier alpha value is -2.13. The van der Waals surface area contributed by atoms with E-state index in [-0.39, 0.29) is 5.91 Å². The third kappa shape index (κ3) is 5.40. The number of nitrogens with one attached hydrogen (secondary N) is 1. The van der Waals surface area contributed by atoms with Gasteiger partial charge in [0.15, 0.2) is 0 Å². The number of rotatable bonds is 7. The van der Waals surface area contributed by atoms with Crippen molar-refractivity contribution in [3.05, 3.63) is 71.8 Å². The van der Waals surface area contributed by atoms with Gasteiger partial charge >= 0.3 is 0 Å². The fourth-order valence-corrected chi connectivity index (χ4v) is 2.18. The Kier molecular flexibility index (Phi) is 5.98. The van der Waals surface area contributed by atoms with Crippen LogP contribution in [0.25, 0.3) is 0 Å². The van der Waals surface area contributed by atoms with Crippen molar-refractivity contribution in [2.45, 2.75) is 25.4 Å². The maximum Gasteiger partial charge on any atom is 0.220 e. The van der Waals surface area contributed by atoms with E-state index in [2.05, 4.69) is 5.32 Å². The minimum absolute atomic E-state index is 0.0270. The molecule has 0 heterocycles. The molecule has 1 atom stereocenters. The van der Waals surface area contributed by atoms with Gasteiger partial charge in [-0.1, -0.05) is 60.7 Å². The highest BCUT2D eigenvalue weighted by atomic mass is 16.3. The van der Waals surface area contributed by atoms with Gasteiger partial charge in [0.25, 0.3) is 0 Å². The molecule has 0 saturated carbocycles. The molecule has 0 bridgehead atoms. The molecule has 0 unspecified atom stereocenters. The SMILES string of the molecule is O=C(CCc1ccccc1)NCC[C@H](O)c1ccccc1. The molecular weight excluding hydrogens is 262 g/mol. The lowest BCUT2D eigenvalue weighted by atomic mass is 10.1. The molecule has 0 aliphatic heterocycles. The van der Waals surface area contributed by atoms with Crippen molar-refractivity contribution in [2.75, 3.05) is 6.54 Å². The van der Waals surface area contributed by atoms with E-state index in [0.29, 0.717) is 19.4 Å². The van der Waals surface area contributed by atoms with Crippen molar-refractivity contribution < 1.29 is 9.90 Å². The van der Waals surface area contributed by atoms with E-state index in [4.69, 9.17) is 0 Å². The van der Waals surface area contributed by atoms with Gasteiger partial charge in [-0.05, 0) is 24.0 Å². The van der Waals surface area contributed by atoms with Crippen LogP contribution in [0.2, 0.25) is 0 Å². The van der Waals surface area contributed by atoms with Gasteiger partial charge in [0.1, 0.15) is 0 Å². The zero-order valence-electron chi connectivity index (χ0n) is 12.0. The molecule has 2 aromatic carbocycles. The fraction of sp³-hybridized carbons (Fsp3) is 0.278. The topological polar surface area (TPSA) is 49.3 Å². The molecule has 1 amide bonds. The van der Waals surface area contributed by atoms with E-state index in [1.165, 1.54) is 0 Å². The van der Waals surface area contributed by atoms with Crippen molar-refractivity contribution in [3.63, 3.8) is 0 Å². The first kappa shape index (κ1) is 15.3. The van der Waals surface area contributed by atoms with Crippen LogP contribution in [0.5, 0.6) is 0 Å². The lowest BCUT2D eigenvalue weighted by molar-refractivity contribution is -0.121. The Morgan fingerprint density at radius 2 is 1.62 bits per heavy atom. The van der Waals surface area contributed by atoms with E-state index in [1.54, 1.807) is 0 Å². The number of benzene rings is 2. The first-order valence-corrected chi connectivity index (χ1v) is 7.29. The van der Waals surface area contributed by atoms with Crippen LogP contribution in [0.3, 0.4) is 0 Å². The van der Waals surface area contributed by atoms with Crippen LogP contribution in [0.1, 0.15) is 30.1 Å². The van der Waals surface area contributed by atoms with Crippen LogP contribution in [0.15, 0.2) is 60.7 Å². The molecular formula is C18H21NO2. The zero-order valence-corrected chi connectivity index (χ0v) is 12.0. The Morgan fingerprint density at radius 3 is 2.29 bits per heavy atom. The first-order valence-electron chi connectivity index (χ1n) is 7.29. The summed E-state index contributed by atoms with van der Waals surface area (Å²) in [5.74, 6) is 0.0270. The largest absolute Gasteiger partial charge is 0.388 e. The Bertz CT molecular complexity index is 540. The number of hydrogen-bond donors (Lipinski definition) is 2. The van der Waals surface area contributed by atoms with Crippen LogP contribution in [0, 0.1) is 0 Å². The molecule has 0 aliphatic carbocycles. The number of aliphatic hydroxyl groups excluding tert-OH is 1. The minimum Gasteiger partial charge on any atom is -0.388 e. The lowest BCUT2D eigenvalue weighted by Crippen LogP contribution is -2.25. The highest BCUT2D eigenvalue weighted by molar-refractivity contribution is 5.76. The van der Waals surface area contributed by atoms with E-state index in [1.807, 2.05) is 60.7 Å². The van der Waals surface area contributed by atoms with Gasteiger partial charge < -0.3 is 10.4 Å². The van der Waals surface area contributed by atoms with Crippen LogP contribution < -0.4 is 5.32 Å². The lowest BCUT2D eigenvalue weighted by Gasteiger charge is -2.11. The Labute approximate surface area is 125 Å². The van der Waals surface area contributed by atoms with Gasteiger partial charge in [-0.3, -0.25) is 4.79 Å². The van der Waals surface area contributed by atoms with Gasteiger partial charge in [-0.25, -0.2) is 0 Å². The molecule has 2 aromatic rings. The quantitative estimate of drug-likeness (QED) is 0.821. The van der Waals surface area contributed by atoms with Crippen molar-refractivity contribution in [2.24, 2.45) is 0 Å². The summed E-state index contributed by atoms with van der Waals surface area (Å²) in [6.07, 6.45) is 1.22. The fourth-order valence-electron chi connectivity index (χ4n) is 2.18. The van der Waals surface area contributed by atoms with E-state index < -0.39 is 6.10 Å². The number of carbonyl (C=O) groups excluding carboxylic acids is 1. The highest BCUT2D eigenvalue weighted by Crippen LogP contribution is 2.14. The molecule has 0 spiro atoms. The second-order valence-electron chi connectivity index (χ2n) is 5.05. The second kappa shape index (κ2) is 8.22. The zero-order chi connectivity index (χ0) is 14.9. The third-order valence-electron chi connectivity index (χ3n) is 3.41. The van der Waals surface area contributed by atoms with Crippen LogP contribution in [-0.4, -0.2) is 17.6 Å². The van der Waals surface area contributed by atoms with E-state index in [9.17, 15) is 9.90 Å². The predicted molar refractivity (Wildman–Crippen MR) is 83.8 cm³/mol. The predicted octanol–water partition coefficient (Wildman–Crippen LogP) is 2.86. The summed E-state index contributed by atoms with van der Waals surface area (Å²) in [5, 5.41) is 12.8. The van der Waals surface area contributed by atoms with Crippen molar-refractivity contribution >= 4 is 5.91 Å². The van der Waals surface area contributed by atoms with Crippen LogP contribution >= 0.6 is 0 Å². The second-order valence-corrected chi connectivity index (χ2v) is 5.05. The summed E-state index contributed by atoms with van der Waals surface area (Å²) >= 11 is 0. The number of carbonyl (C=O) groups is 1. The van der Waals surface area contributed by atoms with Crippen LogP contribution in [0.4, 0.5) is 0 Å². The monoisotopic (exact) mass is 283 g/mol.